The fourth-order valence-corrected chi connectivity index (χ4v) is 2.60. The first-order chi connectivity index (χ1) is 8.31. The Morgan fingerprint density at radius 3 is 2.53 bits per heavy atom. The Morgan fingerprint density at radius 1 is 1.00 bits per heavy atom. The molecule has 0 spiro atoms. The highest BCUT2D eigenvalue weighted by atomic mass is 79.9. The molecule has 0 atom stereocenters. The van der Waals surface area contributed by atoms with Crippen LogP contribution >= 0.6 is 27.3 Å². The highest BCUT2D eigenvalue weighted by Gasteiger charge is 2.04. The molecule has 0 amide bonds. The Kier molecular flexibility index (Phi) is 2.82. The highest BCUT2D eigenvalue weighted by molar-refractivity contribution is 9.10. The van der Waals surface area contributed by atoms with Crippen molar-refractivity contribution >= 4 is 37.5 Å². The van der Waals surface area contributed by atoms with Crippen LogP contribution in [0.4, 0.5) is 0 Å². The van der Waals surface area contributed by atoms with E-state index < -0.39 is 0 Å². The van der Waals surface area contributed by atoms with Gasteiger partial charge in [0.2, 0.25) is 0 Å². The van der Waals surface area contributed by atoms with Gasteiger partial charge in [-0.05, 0) is 36.4 Å². The Bertz CT molecular complexity index is 615. The number of benzene rings is 2. The Labute approximate surface area is 111 Å². The zero-order valence-corrected chi connectivity index (χ0v) is 11.2. The second-order valence-electron chi connectivity index (χ2n) is 3.50. The molecule has 0 radical (unpaired) electrons. The summed E-state index contributed by atoms with van der Waals surface area (Å²) in [6.07, 6.45) is 0. The number of aromatic nitrogens is 1. The van der Waals surface area contributed by atoms with E-state index in [0.717, 1.165) is 20.4 Å². The van der Waals surface area contributed by atoms with Crippen molar-refractivity contribution < 1.29 is 4.74 Å². The largest absolute Gasteiger partial charge is 0.431 e. The van der Waals surface area contributed by atoms with Gasteiger partial charge in [-0.3, -0.25) is 0 Å². The molecule has 4 heteroatoms. The molecule has 1 aromatic heterocycles. The van der Waals surface area contributed by atoms with E-state index in [1.165, 1.54) is 0 Å². The molecule has 0 bridgehead atoms. The van der Waals surface area contributed by atoms with Crippen LogP contribution in [-0.4, -0.2) is 4.98 Å². The van der Waals surface area contributed by atoms with Gasteiger partial charge in [0, 0.05) is 4.47 Å². The van der Waals surface area contributed by atoms with Gasteiger partial charge in [-0.1, -0.05) is 39.4 Å². The van der Waals surface area contributed by atoms with Gasteiger partial charge in [-0.25, -0.2) is 4.98 Å². The van der Waals surface area contributed by atoms with Crippen molar-refractivity contribution in [2.75, 3.05) is 0 Å². The maximum atomic E-state index is 5.70. The fourth-order valence-electron chi connectivity index (χ4n) is 1.50. The smallest absolute Gasteiger partial charge is 0.279 e. The second kappa shape index (κ2) is 4.47. The van der Waals surface area contributed by atoms with Crippen LogP contribution in [0.25, 0.3) is 10.2 Å². The quantitative estimate of drug-likeness (QED) is 0.675. The monoisotopic (exact) mass is 305 g/mol. The maximum Gasteiger partial charge on any atom is 0.279 e. The highest BCUT2D eigenvalue weighted by Crippen LogP contribution is 2.31. The lowest BCUT2D eigenvalue weighted by molar-refractivity contribution is 0.480. The molecule has 2 aromatic carbocycles. The van der Waals surface area contributed by atoms with Crippen LogP contribution in [0.3, 0.4) is 0 Å². The Balaban J connectivity index is 1.92. The van der Waals surface area contributed by atoms with Crippen LogP contribution in [0.5, 0.6) is 10.9 Å². The van der Waals surface area contributed by atoms with Crippen LogP contribution in [0.1, 0.15) is 0 Å². The van der Waals surface area contributed by atoms with Gasteiger partial charge in [0.25, 0.3) is 5.19 Å². The minimum atomic E-state index is 0.675. The summed E-state index contributed by atoms with van der Waals surface area (Å²) in [7, 11) is 0. The van der Waals surface area contributed by atoms with Gasteiger partial charge in [0.1, 0.15) is 5.75 Å². The fraction of sp³-hybridized carbons (Fsp3) is 0. The van der Waals surface area contributed by atoms with Crippen molar-refractivity contribution in [1.29, 1.82) is 0 Å². The van der Waals surface area contributed by atoms with Crippen molar-refractivity contribution in [2.24, 2.45) is 0 Å². The number of thiazole rings is 1. The van der Waals surface area contributed by atoms with E-state index >= 15 is 0 Å². The topological polar surface area (TPSA) is 22.1 Å². The maximum absolute atomic E-state index is 5.70. The van der Waals surface area contributed by atoms with E-state index in [1.807, 2.05) is 48.5 Å². The first-order valence-electron chi connectivity index (χ1n) is 5.10. The van der Waals surface area contributed by atoms with E-state index in [1.54, 1.807) is 11.3 Å². The number of para-hydroxylation sites is 1. The first-order valence-corrected chi connectivity index (χ1v) is 6.71. The van der Waals surface area contributed by atoms with Crippen LogP contribution < -0.4 is 4.74 Å². The van der Waals surface area contributed by atoms with Gasteiger partial charge < -0.3 is 4.74 Å². The van der Waals surface area contributed by atoms with Gasteiger partial charge in [-0.15, -0.1) is 0 Å². The second-order valence-corrected chi connectivity index (χ2v) is 5.41. The SMILES string of the molecule is Brc1ccc(Oc2nc3ccccc3s2)cc1. The number of hydrogen-bond donors (Lipinski definition) is 0. The van der Waals surface area contributed by atoms with Crippen LogP contribution in [0.2, 0.25) is 0 Å². The lowest BCUT2D eigenvalue weighted by atomic mass is 10.3. The van der Waals surface area contributed by atoms with Crippen molar-refractivity contribution in [3.05, 3.63) is 53.0 Å². The molecule has 0 aliphatic carbocycles. The van der Waals surface area contributed by atoms with Gasteiger partial charge >= 0.3 is 0 Å². The lowest BCUT2D eigenvalue weighted by Gasteiger charge is -2.00. The van der Waals surface area contributed by atoms with E-state index in [9.17, 15) is 0 Å². The van der Waals surface area contributed by atoms with Crippen LogP contribution in [0.15, 0.2) is 53.0 Å². The van der Waals surface area contributed by atoms with Crippen molar-refractivity contribution in [3.8, 4) is 10.9 Å². The molecule has 0 unspecified atom stereocenters. The molecule has 84 valence electrons. The normalized spacial score (nSPS) is 10.6. The summed E-state index contributed by atoms with van der Waals surface area (Å²) in [4.78, 5) is 4.42. The third-order valence-corrected chi connectivity index (χ3v) is 3.74. The molecular formula is C13H8BrNOS. The average Bonchev–Trinajstić information content (AvgIpc) is 2.74. The molecule has 0 fully saturated rings. The number of ether oxygens (including phenoxy) is 1. The van der Waals surface area contributed by atoms with Gasteiger partial charge in [-0.2, -0.15) is 0 Å². The van der Waals surface area contributed by atoms with E-state index in [2.05, 4.69) is 20.9 Å². The summed E-state index contributed by atoms with van der Waals surface area (Å²) in [6, 6.07) is 15.7. The summed E-state index contributed by atoms with van der Waals surface area (Å²) in [5.74, 6) is 0.798. The Morgan fingerprint density at radius 2 is 1.76 bits per heavy atom. The summed E-state index contributed by atoms with van der Waals surface area (Å²) in [6.45, 7) is 0. The first kappa shape index (κ1) is 10.7. The van der Waals surface area contributed by atoms with Crippen molar-refractivity contribution in [2.45, 2.75) is 0 Å². The minimum absolute atomic E-state index is 0.675. The van der Waals surface area contributed by atoms with E-state index in [4.69, 9.17) is 4.74 Å². The zero-order chi connectivity index (χ0) is 11.7. The predicted molar refractivity (Wildman–Crippen MR) is 73.8 cm³/mol. The third kappa shape index (κ3) is 2.33. The summed E-state index contributed by atoms with van der Waals surface area (Å²) in [5.41, 5.74) is 0.976. The molecule has 3 aromatic rings. The summed E-state index contributed by atoms with van der Waals surface area (Å²) < 4.78 is 7.88. The Hall–Kier alpha value is -1.39. The van der Waals surface area contributed by atoms with E-state index in [0.29, 0.717) is 5.19 Å². The number of rotatable bonds is 2. The van der Waals surface area contributed by atoms with Gasteiger partial charge in [0.15, 0.2) is 0 Å². The molecule has 17 heavy (non-hydrogen) atoms. The molecule has 0 saturated carbocycles. The molecule has 3 rings (SSSR count). The molecule has 2 nitrogen and oxygen atoms in total. The number of halogens is 1. The molecule has 0 aliphatic heterocycles. The predicted octanol–water partition coefficient (Wildman–Crippen LogP) is 4.85. The third-order valence-electron chi connectivity index (χ3n) is 2.29. The molecular weight excluding hydrogens is 298 g/mol. The number of nitrogens with zero attached hydrogens (tertiary/aromatic N) is 1. The van der Waals surface area contributed by atoms with Crippen LogP contribution in [-0.2, 0) is 0 Å². The number of fused-ring (bicyclic) bond motifs is 1. The van der Waals surface area contributed by atoms with Crippen LogP contribution in [0, 0.1) is 0 Å². The van der Waals surface area contributed by atoms with Gasteiger partial charge in [0.05, 0.1) is 10.2 Å². The minimum Gasteiger partial charge on any atom is -0.431 e. The summed E-state index contributed by atoms with van der Waals surface area (Å²) in [5, 5.41) is 0.675. The molecule has 0 saturated heterocycles. The molecule has 1 heterocycles. The summed E-state index contributed by atoms with van der Waals surface area (Å²) >= 11 is 4.94. The average molecular weight is 306 g/mol. The van der Waals surface area contributed by atoms with Crippen molar-refractivity contribution in [3.63, 3.8) is 0 Å². The lowest BCUT2D eigenvalue weighted by Crippen LogP contribution is -1.81. The van der Waals surface area contributed by atoms with E-state index in [-0.39, 0.29) is 0 Å². The number of hydrogen-bond acceptors (Lipinski definition) is 3. The van der Waals surface area contributed by atoms with Crippen molar-refractivity contribution in [1.82, 2.24) is 4.98 Å². The molecule has 0 N–H and O–H groups in total. The molecule has 0 aliphatic rings. The zero-order valence-electron chi connectivity index (χ0n) is 8.76. The standard InChI is InChI=1S/C13H8BrNOS/c14-9-5-7-10(8-6-9)16-13-15-11-3-1-2-4-12(11)17-13/h1-8H.